The van der Waals surface area contributed by atoms with E-state index in [-0.39, 0.29) is 29.3 Å². The van der Waals surface area contributed by atoms with Crippen molar-refractivity contribution in [3.63, 3.8) is 0 Å². The van der Waals surface area contributed by atoms with Crippen molar-refractivity contribution in [3.05, 3.63) is 60.0 Å². The number of methoxy groups -OCH3 is 2. The zero-order valence-electron chi connectivity index (χ0n) is 16.6. The molecule has 0 bridgehead atoms. The number of rotatable bonds is 5. The molecular weight excluding hydrogens is 412 g/mol. The van der Waals surface area contributed by atoms with Crippen LogP contribution in [-0.4, -0.2) is 65.2 Å². The zero-order valence-corrected chi connectivity index (χ0v) is 17.4. The Morgan fingerprint density at radius 2 is 1.73 bits per heavy atom. The normalized spacial score (nSPS) is 17.6. The molecule has 1 aromatic carbocycles. The SMILES string of the molecule is COC(=O)C1=C(C(=O)OC)N(c2cccc(S(=O)(=O)N3CCOCC3)c2)C=CC=C1. The quantitative estimate of drug-likeness (QED) is 0.637. The predicted octanol–water partition coefficient (Wildman–Crippen LogP) is 1.20. The Balaban J connectivity index is 2.08. The minimum absolute atomic E-state index is 0.0178. The van der Waals surface area contributed by atoms with E-state index < -0.39 is 22.0 Å². The van der Waals surface area contributed by atoms with E-state index in [9.17, 15) is 18.0 Å². The number of allylic oxidation sites excluding steroid dienone is 2. The summed E-state index contributed by atoms with van der Waals surface area (Å²) in [7, 11) is -1.35. The van der Waals surface area contributed by atoms with Crippen LogP contribution >= 0.6 is 0 Å². The zero-order chi connectivity index (χ0) is 21.7. The second-order valence-corrected chi connectivity index (χ2v) is 8.27. The van der Waals surface area contributed by atoms with E-state index in [4.69, 9.17) is 14.2 Å². The summed E-state index contributed by atoms with van der Waals surface area (Å²) in [4.78, 5) is 26.2. The third-order valence-electron chi connectivity index (χ3n) is 4.59. The fourth-order valence-electron chi connectivity index (χ4n) is 3.10. The summed E-state index contributed by atoms with van der Waals surface area (Å²) < 4.78 is 42.3. The van der Waals surface area contributed by atoms with Gasteiger partial charge in [0.05, 0.1) is 37.9 Å². The van der Waals surface area contributed by atoms with Gasteiger partial charge in [-0.25, -0.2) is 18.0 Å². The molecule has 0 saturated carbocycles. The first-order valence-electron chi connectivity index (χ1n) is 9.13. The number of hydrogen-bond acceptors (Lipinski definition) is 8. The Morgan fingerprint density at radius 1 is 1.03 bits per heavy atom. The minimum atomic E-state index is -3.75. The van der Waals surface area contributed by atoms with Crippen molar-refractivity contribution in [2.24, 2.45) is 0 Å². The number of carbonyl (C=O) groups is 2. The molecule has 9 nitrogen and oxygen atoms in total. The average Bonchev–Trinajstić information content (AvgIpc) is 3.01. The fraction of sp³-hybridized carbons (Fsp3) is 0.300. The molecule has 0 unspecified atom stereocenters. The highest BCUT2D eigenvalue weighted by molar-refractivity contribution is 7.89. The van der Waals surface area contributed by atoms with E-state index in [0.29, 0.717) is 18.9 Å². The summed E-state index contributed by atoms with van der Waals surface area (Å²) in [5.41, 5.74) is 0.261. The van der Waals surface area contributed by atoms with Crippen LogP contribution in [0.4, 0.5) is 5.69 Å². The average molecular weight is 434 g/mol. The van der Waals surface area contributed by atoms with Crippen molar-refractivity contribution in [1.29, 1.82) is 0 Å². The molecule has 0 aromatic heterocycles. The molecule has 1 saturated heterocycles. The molecule has 3 rings (SSSR count). The Kier molecular flexibility index (Phi) is 6.70. The van der Waals surface area contributed by atoms with Crippen LogP contribution in [-0.2, 0) is 33.8 Å². The van der Waals surface area contributed by atoms with Crippen molar-refractivity contribution in [2.45, 2.75) is 4.90 Å². The maximum Gasteiger partial charge on any atom is 0.355 e. The second kappa shape index (κ2) is 9.24. The molecule has 1 aromatic rings. The maximum atomic E-state index is 13.0. The molecule has 2 aliphatic rings. The number of benzene rings is 1. The number of esters is 2. The largest absolute Gasteiger partial charge is 0.465 e. The lowest BCUT2D eigenvalue weighted by molar-refractivity contribution is -0.139. The van der Waals surface area contributed by atoms with Crippen LogP contribution in [0.5, 0.6) is 0 Å². The van der Waals surface area contributed by atoms with E-state index in [1.165, 1.54) is 41.6 Å². The monoisotopic (exact) mass is 434 g/mol. The summed E-state index contributed by atoms with van der Waals surface area (Å²) >= 11 is 0. The lowest BCUT2D eigenvalue weighted by Gasteiger charge is -2.27. The van der Waals surface area contributed by atoms with Gasteiger partial charge < -0.3 is 19.1 Å². The van der Waals surface area contributed by atoms with Crippen molar-refractivity contribution >= 4 is 27.6 Å². The highest BCUT2D eigenvalue weighted by Crippen LogP contribution is 2.29. The van der Waals surface area contributed by atoms with Crippen LogP contribution in [0.1, 0.15) is 0 Å². The van der Waals surface area contributed by atoms with Gasteiger partial charge in [-0.15, -0.1) is 0 Å². The Bertz CT molecular complexity index is 1020. The van der Waals surface area contributed by atoms with Crippen molar-refractivity contribution in [2.75, 3.05) is 45.4 Å². The molecule has 0 radical (unpaired) electrons. The molecule has 0 atom stereocenters. The molecule has 0 aliphatic carbocycles. The standard InChI is InChI=1S/C20H22N2O7S/c1-27-19(23)17-8-3-4-9-22(18(17)20(24)28-2)15-6-5-7-16(14-15)30(25,26)21-10-12-29-13-11-21/h3-9,14H,10-13H2,1-2H3. The lowest BCUT2D eigenvalue weighted by atomic mass is 10.1. The van der Waals surface area contributed by atoms with Gasteiger partial charge in [0.15, 0.2) is 0 Å². The Morgan fingerprint density at radius 3 is 2.40 bits per heavy atom. The highest BCUT2D eigenvalue weighted by atomic mass is 32.2. The smallest absolute Gasteiger partial charge is 0.355 e. The molecular formula is C20H22N2O7S. The summed E-state index contributed by atoms with van der Waals surface area (Å²) in [6.07, 6.45) is 6.16. The van der Waals surface area contributed by atoms with Crippen molar-refractivity contribution in [1.82, 2.24) is 4.31 Å². The first-order chi connectivity index (χ1) is 14.4. The van der Waals surface area contributed by atoms with E-state index in [2.05, 4.69) is 0 Å². The summed E-state index contributed by atoms with van der Waals surface area (Å²) in [6.45, 7) is 1.19. The topological polar surface area (TPSA) is 102 Å². The van der Waals surface area contributed by atoms with Gasteiger partial charge in [-0.3, -0.25) is 0 Å². The molecule has 0 amide bonds. The number of morpholine rings is 1. The van der Waals surface area contributed by atoms with Crippen LogP contribution in [0.3, 0.4) is 0 Å². The number of carbonyl (C=O) groups excluding carboxylic acids is 2. The second-order valence-electron chi connectivity index (χ2n) is 6.33. The van der Waals surface area contributed by atoms with E-state index in [0.717, 1.165) is 0 Å². The molecule has 160 valence electrons. The Labute approximate surface area is 174 Å². The third-order valence-corrected chi connectivity index (χ3v) is 6.49. The van der Waals surface area contributed by atoms with Gasteiger partial charge >= 0.3 is 11.9 Å². The number of anilines is 1. The van der Waals surface area contributed by atoms with Crippen molar-refractivity contribution < 1.29 is 32.2 Å². The van der Waals surface area contributed by atoms with Gasteiger partial charge in [0.2, 0.25) is 10.0 Å². The summed E-state index contributed by atoms with van der Waals surface area (Å²) in [6, 6.07) is 6.13. The molecule has 10 heteroatoms. The fourth-order valence-corrected chi connectivity index (χ4v) is 4.54. The molecule has 30 heavy (non-hydrogen) atoms. The third kappa shape index (κ3) is 4.30. The number of sulfonamides is 1. The van der Waals surface area contributed by atoms with Crippen LogP contribution in [0, 0.1) is 0 Å². The van der Waals surface area contributed by atoms with Gasteiger partial charge in [0.25, 0.3) is 0 Å². The number of hydrogen-bond donors (Lipinski definition) is 0. The predicted molar refractivity (Wildman–Crippen MR) is 108 cm³/mol. The summed E-state index contributed by atoms with van der Waals surface area (Å²) in [5.74, 6) is -1.49. The van der Waals surface area contributed by atoms with Gasteiger partial charge in [-0.05, 0) is 30.4 Å². The number of nitrogens with zero attached hydrogens (tertiary/aromatic N) is 2. The molecule has 0 spiro atoms. The molecule has 0 N–H and O–H groups in total. The van der Waals surface area contributed by atoms with Crippen molar-refractivity contribution in [3.8, 4) is 0 Å². The molecule has 1 fully saturated rings. The van der Waals surface area contributed by atoms with Crippen LogP contribution in [0.2, 0.25) is 0 Å². The van der Waals surface area contributed by atoms with Gasteiger partial charge in [-0.1, -0.05) is 12.1 Å². The van der Waals surface area contributed by atoms with E-state index in [1.54, 1.807) is 30.5 Å². The van der Waals surface area contributed by atoms with Crippen LogP contribution in [0.25, 0.3) is 0 Å². The lowest BCUT2D eigenvalue weighted by Crippen LogP contribution is -2.40. The molecule has 2 aliphatic heterocycles. The van der Waals surface area contributed by atoms with Gasteiger partial charge in [0.1, 0.15) is 5.70 Å². The minimum Gasteiger partial charge on any atom is -0.465 e. The summed E-state index contributed by atoms with van der Waals surface area (Å²) in [5, 5.41) is 0. The van der Waals surface area contributed by atoms with Crippen LogP contribution in [0.15, 0.2) is 64.9 Å². The van der Waals surface area contributed by atoms with Crippen LogP contribution < -0.4 is 4.90 Å². The Hall–Kier alpha value is -2.95. The highest BCUT2D eigenvalue weighted by Gasteiger charge is 2.30. The molecule has 2 heterocycles. The van der Waals surface area contributed by atoms with E-state index in [1.807, 2.05) is 0 Å². The maximum absolute atomic E-state index is 13.0. The number of ether oxygens (including phenoxy) is 3. The first-order valence-corrected chi connectivity index (χ1v) is 10.6. The van der Waals surface area contributed by atoms with Gasteiger partial charge in [0, 0.05) is 25.0 Å². The van der Waals surface area contributed by atoms with Gasteiger partial charge in [-0.2, -0.15) is 4.31 Å². The first kappa shape index (κ1) is 21.8. The van der Waals surface area contributed by atoms with E-state index >= 15 is 0 Å².